The Hall–Kier alpha value is -4.38. The maximum atomic E-state index is 7.13. The van der Waals surface area contributed by atoms with Crippen molar-refractivity contribution >= 4 is 116 Å². The van der Waals surface area contributed by atoms with Crippen LogP contribution in [0.4, 0.5) is 0 Å². The van der Waals surface area contributed by atoms with Crippen LogP contribution >= 0.6 is 63.3 Å². The van der Waals surface area contributed by atoms with E-state index in [1.54, 1.807) is 0 Å². The van der Waals surface area contributed by atoms with Gasteiger partial charge in [0.05, 0.1) is 0 Å². The Balaban J connectivity index is 0.000000689. The Morgan fingerprint density at radius 2 is 0.581 bits per heavy atom. The summed E-state index contributed by atoms with van der Waals surface area (Å²) >= 11 is 14.8. The first-order valence-corrected chi connectivity index (χ1v) is 24.2. The van der Waals surface area contributed by atoms with E-state index < -0.39 is 14.5 Å². The zero-order chi connectivity index (χ0) is 44.3. The standard InChI is InChI=1S/C36H30NP2.2C4H8O.4CNS.Fe/c1-7-19-31(20-8-1)38(32-21-9-2-10-22-32,33-23-11-3-12-24-33)37-39(34-25-13-4-14-26-34,35-27-15-5-16-28-35)36-29-17-6-18-30-36;2*1-2-4-5-3-1;4*2-1-3;/h1-30H;2*1-4H2;;;;;/q+1;;;4*-1;+3. The Kier molecular flexibility index (Phi) is 31.5. The second-order valence-corrected chi connectivity index (χ2v) is 19.5. The van der Waals surface area contributed by atoms with Crippen LogP contribution in [-0.4, -0.2) is 47.1 Å². The van der Waals surface area contributed by atoms with Crippen molar-refractivity contribution in [2.75, 3.05) is 26.4 Å². The van der Waals surface area contributed by atoms with Gasteiger partial charge in [-0.3, -0.25) is 0 Å². The minimum atomic E-state index is -2.50. The molecular weight excluding hydrogens is 925 g/mol. The summed E-state index contributed by atoms with van der Waals surface area (Å²) in [6.07, 6.45) is 5.11. The Morgan fingerprint density at radius 3 is 0.758 bits per heavy atom. The third kappa shape index (κ3) is 18.1. The minimum Gasteiger partial charge on any atom is -0.753 e. The number of isothiocyanates is 4. The third-order valence-electron chi connectivity index (χ3n) is 8.70. The summed E-state index contributed by atoms with van der Waals surface area (Å²) in [5, 5.41) is 41.4. The van der Waals surface area contributed by atoms with E-state index in [9.17, 15) is 0 Å². The predicted octanol–water partition coefficient (Wildman–Crippen LogP) is 11.3. The minimum absolute atomic E-state index is 0. The van der Waals surface area contributed by atoms with E-state index >= 15 is 0 Å². The molecule has 2 saturated heterocycles. The summed E-state index contributed by atoms with van der Waals surface area (Å²) in [7, 11) is -4.99. The van der Waals surface area contributed by atoms with Gasteiger partial charge in [-0.25, -0.2) is 0 Å². The molecule has 7 nitrogen and oxygen atoms in total. The van der Waals surface area contributed by atoms with Crippen molar-refractivity contribution in [3.05, 3.63) is 204 Å². The molecule has 14 heteroatoms. The van der Waals surface area contributed by atoms with Gasteiger partial charge in [-0.05, 0) is 62.1 Å². The van der Waals surface area contributed by atoms with E-state index in [2.05, 4.69) is 231 Å². The number of nitrogens with zero attached hydrogens (tertiary/aromatic N) is 5. The molecule has 0 aromatic heterocycles. The molecule has 0 saturated carbocycles. The molecule has 2 aliphatic rings. The molecule has 8 rings (SSSR count). The average Bonchev–Trinajstić information content (AvgIpc) is 4.12. The maximum Gasteiger partial charge on any atom is 3.00 e. The third-order valence-corrected chi connectivity index (χ3v) is 17.1. The van der Waals surface area contributed by atoms with Crippen LogP contribution in [0.25, 0.3) is 21.6 Å². The summed E-state index contributed by atoms with van der Waals surface area (Å²) in [6, 6.07) is 65.7. The van der Waals surface area contributed by atoms with Crippen molar-refractivity contribution in [2.45, 2.75) is 25.7 Å². The smallest absolute Gasteiger partial charge is 0.753 e. The fourth-order valence-corrected chi connectivity index (χ4v) is 15.8. The Labute approximate surface area is 399 Å². The molecule has 317 valence electrons. The van der Waals surface area contributed by atoms with E-state index in [1.165, 1.54) is 78.2 Å². The van der Waals surface area contributed by atoms with Gasteiger partial charge in [0.1, 0.15) is 23.0 Å². The van der Waals surface area contributed by atoms with Crippen LogP contribution < -0.4 is 31.8 Å². The zero-order valence-corrected chi connectivity index (χ0v) is 40.1. The topological polar surface area (TPSA) is 120 Å². The van der Waals surface area contributed by atoms with Gasteiger partial charge in [0.25, 0.3) is 0 Å². The van der Waals surface area contributed by atoms with E-state index in [0.717, 1.165) is 26.4 Å². The Bertz CT molecular complexity index is 2000. The summed E-state index contributed by atoms with van der Waals surface area (Å²) < 4.78 is 16.3. The van der Waals surface area contributed by atoms with Gasteiger partial charge >= 0.3 is 17.1 Å². The second-order valence-electron chi connectivity index (χ2n) is 12.4. The number of ether oxygens (including phenoxy) is 2. The molecular formula is C48H46FeN5O2P2S4. The maximum absolute atomic E-state index is 7.13. The van der Waals surface area contributed by atoms with Crippen molar-refractivity contribution in [2.24, 2.45) is 4.52 Å². The molecule has 6 aromatic rings. The SMILES string of the molecule is C1CCOC1.C1CCOC1.[Fe+3].[N-]=C=S.[N-]=C=S.[N-]=C=S.[N-]=C=S.c1ccc(P(=N[P+](c2ccccc2)(c2ccccc2)c2ccccc2)(c2ccccc2)c2ccccc2)cc1. The monoisotopic (exact) mass is 970 g/mol. The molecule has 0 bridgehead atoms. The number of hydrogen-bond acceptors (Lipinski definition) is 7. The van der Waals surface area contributed by atoms with Crippen LogP contribution in [-0.2, 0) is 26.5 Å². The molecule has 0 N–H and O–H groups in total. The van der Waals surface area contributed by atoms with Gasteiger partial charge in [0.2, 0.25) is 7.41 Å². The second kappa shape index (κ2) is 35.1. The molecule has 6 aromatic carbocycles. The van der Waals surface area contributed by atoms with Crippen molar-refractivity contribution in [3.8, 4) is 0 Å². The van der Waals surface area contributed by atoms with Crippen molar-refractivity contribution in [3.63, 3.8) is 0 Å². The van der Waals surface area contributed by atoms with Crippen LogP contribution in [0.2, 0.25) is 0 Å². The van der Waals surface area contributed by atoms with E-state index in [1.807, 2.05) is 0 Å². The first-order valence-electron chi connectivity index (χ1n) is 19.1. The molecule has 0 amide bonds. The van der Waals surface area contributed by atoms with Gasteiger partial charge in [-0.2, -0.15) is 20.6 Å². The van der Waals surface area contributed by atoms with E-state index in [0.29, 0.717) is 0 Å². The van der Waals surface area contributed by atoms with Crippen LogP contribution in [0, 0.1) is 0 Å². The van der Waals surface area contributed by atoms with Crippen LogP contribution in [0.3, 0.4) is 0 Å². The quantitative estimate of drug-likeness (QED) is 0.0680. The van der Waals surface area contributed by atoms with E-state index in [-0.39, 0.29) is 17.1 Å². The fourth-order valence-electron chi connectivity index (χ4n) is 6.29. The molecule has 62 heavy (non-hydrogen) atoms. The number of hydrogen-bond donors (Lipinski definition) is 0. The van der Waals surface area contributed by atoms with Gasteiger partial charge < -0.3 is 31.1 Å². The summed E-state index contributed by atoms with van der Waals surface area (Å²) in [5.41, 5.74) is 0. The summed E-state index contributed by atoms with van der Waals surface area (Å²) in [4.78, 5) is 0. The molecule has 2 aliphatic heterocycles. The van der Waals surface area contributed by atoms with E-state index in [4.69, 9.17) is 35.6 Å². The van der Waals surface area contributed by atoms with Crippen molar-refractivity contribution < 1.29 is 26.5 Å². The van der Waals surface area contributed by atoms with Crippen LogP contribution in [0.1, 0.15) is 25.7 Å². The summed E-state index contributed by atoms with van der Waals surface area (Å²) in [5.74, 6) is 0. The van der Waals surface area contributed by atoms with Gasteiger partial charge in [0, 0.05) is 42.3 Å². The van der Waals surface area contributed by atoms with Crippen molar-refractivity contribution in [1.29, 1.82) is 0 Å². The van der Waals surface area contributed by atoms with Gasteiger partial charge in [0.15, 0.2) is 0 Å². The summed E-state index contributed by atoms with van der Waals surface area (Å²) in [6.45, 7) is 4.00. The Morgan fingerprint density at radius 1 is 0.387 bits per heavy atom. The molecule has 0 aliphatic carbocycles. The molecule has 0 unspecified atom stereocenters. The molecule has 0 atom stereocenters. The van der Waals surface area contributed by atoms with Crippen LogP contribution in [0.15, 0.2) is 187 Å². The average molecular weight is 971 g/mol. The van der Waals surface area contributed by atoms with Crippen molar-refractivity contribution in [1.82, 2.24) is 0 Å². The fraction of sp³-hybridized carbons (Fsp3) is 0.167. The predicted molar refractivity (Wildman–Crippen MR) is 277 cm³/mol. The number of benzene rings is 6. The first kappa shape index (κ1) is 55.6. The zero-order valence-electron chi connectivity index (χ0n) is 33.9. The number of rotatable bonds is 7. The number of thiocarbonyl (C=S) groups is 4. The largest absolute Gasteiger partial charge is 3.00 e. The molecule has 0 spiro atoms. The molecule has 2 heterocycles. The first-order chi connectivity index (χ1) is 30.0. The van der Waals surface area contributed by atoms with Gasteiger partial charge in [-0.15, -0.1) is 4.52 Å². The normalized spacial score (nSPS) is 11.7. The van der Waals surface area contributed by atoms with Crippen LogP contribution in [0.5, 0.6) is 0 Å². The molecule has 2 fully saturated rings. The van der Waals surface area contributed by atoms with Gasteiger partial charge in [-0.1, -0.05) is 194 Å². The molecule has 1 radical (unpaired) electrons.